The first-order valence-electron chi connectivity index (χ1n) is 12.7. The van der Waals surface area contributed by atoms with Crippen molar-refractivity contribution < 1.29 is 22.8 Å². The van der Waals surface area contributed by atoms with Crippen molar-refractivity contribution in [3.8, 4) is 5.69 Å². The topological polar surface area (TPSA) is 45.6 Å². The number of carbonyl (C=O) groups is 2. The fraction of sp³-hybridized carbons (Fsp3) is 0.161. The molecule has 5 aromatic rings. The van der Waals surface area contributed by atoms with Gasteiger partial charge in [-0.2, -0.15) is 13.2 Å². The lowest BCUT2D eigenvalue weighted by molar-refractivity contribution is -0.137. The van der Waals surface area contributed by atoms with Crippen LogP contribution < -0.4 is 0 Å². The molecule has 1 aliphatic rings. The standard InChI is InChI=1S/C31H24F3N3O2/c32-31(33,34)22-9-6-10-23(19-22)37-20-27(25-12-3-4-14-28(25)37)30(39)36-17-15-35(16-18-36)29(38)26-13-5-8-21-7-1-2-11-24(21)26/h1-14,19-20H,15-18H2. The van der Waals surface area contributed by atoms with E-state index in [4.69, 9.17) is 0 Å². The molecule has 1 fully saturated rings. The smallest absolute Gasteiger partial charge is 0.335 e. The molecule has 6 rings (SSSR count). The van der Waals surface area contributed by atoms with E-state index in [2.05, 4.69) is 0 Å². The van der Waals surface area contributed by atoms with E-state index in [1.165, 1.54) is 6.07 Å². The Bertz CT molecular complexity index is 1710. The van der Waals surface area contributed by atoms with Gasteiger partial charge >= 0.3 is 6.18 Å². The van der Waals surface area contributed by atoms with Gasteiger partial charge in [0.05, 0.1) is 16.6 Å². The van der Waals surface area contributed by atoms with Gasteiger partial charge in [0, 0.05) is 49.0 Å². The summed E-state index contributed by atoms with van der Waals surface area (Å²) in [5.41, 5.74) is 1.27. The van der Waals surface area contributed by atoms with Crippen molar-refractivity contribution in [1.29, 1.82) is 0 Å². The number of piperazine rings is 1. The van der Waals surface area contributed by atoms with Crippen molar-refractivity contribution >= 4 is 33.5 Å². The molecule has 196 valence electrons. The van der Waals surface area contributed by atoms with E-state index < -0.39 is 11.7 Å². The highest BCUT2D eigenvalue weighted by Gasteiger charge is 2.31. The number of nitrogens with zero attached hydrogens (tertiary/aromatic N) is 3. The molecule has 1 saturated heterocycles. The van der Waals surface area contributed by atoms with Gasteiger partial charge in [-0.3, -0.25) is 9.59 Å². The number of fused-ring (bicyclic) bond motifs is 2. The SMILES string of the molecule is O=C(c1cccc2ccccc12)N1CCN(C(=O)c2cn(-c3cccc(C(F)(F)F)c3)c3ccccc23)CC1. The quantitative estimate of drug-likeness (QED) is 0.273. The minimum Gasteiger partial charge on any atom is -0.335 e. The maximum Gasteiger partial charge on any atom is 0.416 e. The number of hydrogen-bond donors (Lipinski definition) is 0. The van der Waals surface area contributed by atoms with Crippen LogP contribution >= 0.6 is 0 Å². The van der Waals surface area contributed by atoms with E-state index in [9.17, 15) is 22.8 Å². The predicted octanol–water partition coefficient (Wildman–Crippen LogP) is 6.40. The van der Waals surface area contributed by atoms with Crippen molar-refractivity contribution in [2.24, 2.45) is 0 Å². The summed E-state index contributed by atoms with van der Waals surface area (Å²) in [6.45, 7) is 1.50. The van der Waals surface area contributed by atoms with Gasteiger partial charge in [-0.25, -0.2) is 0 Å². The molecule has 0 saturated carbocycles. The molecular formula is C31H24F3N3O2. The molecule has 2 amide bonds. The second kappa shape index (κ2) is 9.62. The summed E-state index contributed by atoms with van der Waals surface area (Å²) in [6, 6.07) is 25.7. The highest BCUT2D eigenvalue weighted by atomic mass is 19.4. The van der Waals surface area contributed by atoms with Gasteiger partial charge in [-0.1, -0.05) is 60.7 Å². The van der Waals surface area contributed by atoms with E-state index in [0.29, 0.717) is 53.9 Å². The average molecular weight is 528 g/mol. The molecular weight excluding hydrogens is 503 g/mol. The number of halogens is 3. The van der Waals surface area contributed by atoms with Crippen LogP contribution in [0.1, 0.15) is 26.3 Å². The highest BCUT2D eigenvalue weighted by molar-refractivity contribution is 6.08. The average Bonchev–Trinajstić information content (AvgIpc) is 3.36. The Balaban J connectivity index is 1.25. The molecule has 0 atom stereocenters. The Labute approximate surface area is 222 Å². The van der Waals surface area contributed by atoms with Crippen LogP contribution in [0.3, 0.4) is 0 Å². The molecule has 0 unspecified atom stereocenters. The Hall–Kier alpha value is -4.59. The van der Waals surface area contributed by atoms with Gasteiger partial charge in [0.2, 0.25) is 0 Å². The molecule has 0 aliphatic carbocycles. The van der Waals surface area contributed by atoms with Gasteiger partial charge < -0.3 is 14.4 Å². The molecule has 0 spiro atoms. The molecule has 5 nitrogen and oxygen atoms in total. The van der Waals surface area contributed by atoms with Gasteiger partial charge in [0.1, 0.15) is 0 Å². The molecule has 39 heavy (non-hydrogen) atoms. The zero-order valence-corrected chi connectivity index (χ0v) is 20.9. The number of benzene rings is 4. The number of para-hydroxylation sites is 1. The maximum absolute atomic E-state index is 13.6. The fourth-order valence-corrected chi connectivity index (χ4v) is 5.26. The summed E-state index contributed by atoms with van der Waals surface area (Å²) in [5, 5.41) is 2.55. The molecule has 1 aromatic heterocycles. The van der Waals surface area contributed by atoms with Crippen molar-refractivity contribution in [3.63, 3.8) is 0 Å². The minimum atomic E-state index is -4.47. The number of hydrogen-bond acceptors (Lipinski definition) is 2. The second-order valence-corrected chi connectivity index (χ2v) is 9.59. The minimum absolute atomic E-state index is 0.0694. The normalized spacial score (nSPS) is 14.2. The highest BCUT2D eigenvalue weighted by Crippen LogP contribution is 2.32. The van der Waals surface area contributed by atoms with Crippen LogP contribution in [0.2, 0.25) is 0 Å². The first-order chi connectivity index (χ1) is 18.8. The maximum atomic E-state index is 13.6. The summed E-state index contributed by atoms with van der Waals surface area (Å²) < 4.78 is 41.7. The van der Waals surface area contributed by atoms with Gasteiger partial charge in [-0.15, -0.1) is 0 Å². The predicted molar refractivity (Wildman–Crippen MR) is 144 cm³/mol. The lowest BCUT2D eigenvalue weighted by atomic mass is 10.0. The Kier molecular flexibility index (Phi) is 6.10. The number of alkyl halides is 3. The molecule has 8 heteroatoms. The lowest BCUT2D eigenvalue weighted by Gasteiger charge is -2.35. The zero-order valence-electron chi connectivity index (χ0n) is 20.9. The Morgan fingerprint density at radius 3 is 1.95 bits per heavy atom. The summed E-state index contributed by atoms with van der Waals surface area (Å²) in [5.74, 6) is -0.283. The van der Waals surface area contributed by atoms with Crippen LogP contribution in [0.25, 0.3) is 27.4 Å². The van der Waals surface area contributed by atoms with E-state index >= 15 is 0 Å². The molecule has 0 N–H and O–H groups in total. The molecule has 1 aliphatic heterocycles. The first-order valence-corrected chi connectivity index (χ1v) is 12.7. The monoisotopic (exact) mass is 527 g/mol. The number of rotatable bonds is 3. The molecule has 2 heterocycles. The summed E-state index contributed by atoms with van der Waals surface area (Å²) >= 11 is 0. The van der Waals surface area contributed by atoms with Crippen LogP contribution in [-0.4, -0.2) is 52.4 Å². The Morgan fingerprint density at radius 1 is 0.641 bits per heavy atom. The molecule has 0 bridgehead atoms. The summed E-state index contributed by atoms with van der Waals surface area (Å²) in [4.78, 5) is 30.4. The van der Waals surface area contributed by atoms with E-state index in [1.807, 2.05) is 42.5 Å². The second-order valence-electron chi connectivity index (χ2n) is 9.59. The van der Waals surface area contributed by atoms with Crippen LogP contribution in [0.15, 0.2) is 97.2 Å². The summed E-state index contributed by atoms with van der Waals surface area (Å²) in [7, 11) is 0. The van der Waals surface area contributed by atoms with Gasteiger partial charge in [0.25, 0.3) is 11.8 Å². The van der Waals surface area contributed by atoms with Crippen LogP contribution in [0.5, 0.6) is 0 Å². The zero-order chi connectivity index (χ0) is 27.1. The largest absolute Gasteiger partial charge is 0.416 e. The number of amides is 2. The van der Waals surface area contributed by atoms with Gasteiger partial charge in [-0.05, 0) is 41.1 Å². The first kappa shape index (κ1) is 24.7. The fourth-order valence-electron chi connectivity index (χ4n) is 5.26. The molecule has 4 aromatic carbocycles. The van der Waals surface area contributed by atoms with Crippen molar-refractivity contribution in [2.45, 2.75) is 6.18 Å². The molecule has 0 radical (unpaired) electrons. The van der Waals surface area contributed by atoms with E-state index in [0.717, 1.165) is 22.9 Å². The van der Waals surface area contributed by atoms with Crippen LogP contribution in [0, 0.1) is 0 Å². The van der Waals surface area contributed by atoms with Crippen molar-refractivity contribution in [3.05, 3.63) is 114 Å². The van der Waals surface area contributed by atoms with E-state index in [1.54, 1.807) is 50.9 Å². The number of aromatic nitrogens is 1. The van der Waals surface area contributed by atoms with Gasteiger partial charge in [0.15, 0.2) is 0 Å². The third-order valence-electron chi connectivity index (χ3n) is 7.27. The number of carbonyl (C=O) groups excluding carboxylic acids is 2. The van der Waals surface area contributed by atoms with Crippen molar-refractivity contribution in [2.75, 3.05) is 26.2 Å². The van der Waals surface area contributed by atoms with Crippen LogP contribution in [0.4, 0.5) is 13.2 Å². The lowest BCUT2D eigenvalue weighted by Crippen LogP contribution is -2.50. The van der Waals surface area contributed by atoms with E-state index in [-0.39, 0.29) is 11.8 Å². The van der Waals surface area contributed by atoms with Crippen LogP contribution in [-0.2, 0) is 6.18 Å². The van der Waals surface area contributed by atoms with Crippen molar-refractivity contribution in [1.82, 2.24) is 14.4 Å². The third-order valence-corrected chi connectivity index (χ3v) is 7.27. The summed E-state index contributed by atoms with van der Waals surface area (Å²) in [6.07, 6.45) is -2.86. The third kappa shape index (κ3) is 4.52. The Morgan fingerprint density at radius 2 is 1.23 bits per heavy atom.